The van der Waals surface area contributed by atoms with Crippen LogP contribution >= 0.6 is 0 Å². The van der Waals surface area contributed by atoms with Gasteiger partial charge in [0.1, 0.15) is 17.7 Å². The molecule has 4 heteroatoms. The van der Waals surface area contributed by atoms with E-state index in [-0.39, 0.29) is 44.9 Å². The molecule has 0 radical (unpaired) electrons. The van der Waals surface area contributed by atoms with Gasteiger partial charge in [-0.2, -0.15) is 0 Å². The first-order valence-electron chi connectivity index (χ1n) is 18.8. The van der Waals surface area contributed by atoms with Crippen molar-refractivity contribution in [2.45, 2.75) is 145 Å². The predicted octanol–water partition coefficient (Wildman–Crippen LogP) is 10.2. The molecule has 0 heterocycles. The number of rotatable bonds is 7. The maximum atomic E-state index is 14.2. The topological polar surface area (TPSA) is 60.4 Å². The van der Waals surface area contributed by atoms with Crippen molar-refractivity contribution in [2.24, 2.45) is 62.6 Å². The fraction of sp³-hybridized carbons (Fsp3) is 0.786. The lowest BCUT2D eigenvalue weighted by atomic mass is 9.32. The average molecular weight is 631 g/mol. The minimum Gasteiger partial charge on any atom is -0.458 e. The Labute approximate surface area is 279 Å². The molecule has 5 unspecified atom stereocenters. The molecule has 254 valence electrons. The highest BCUT2D eigenvalue weighted by atomic mass is 16.5. The molecule has 4 nitrogen and oxygen atoms in total. The fourth-order valence-electron chi connectivity index (χ4n) is 13.5. The number of carbonyl (C=O) groups excluding carboxylic acids is 3. The summed E-state index contributed by atoms with van der Waals surface area (Å²) in [6, 6.07) is 7.77. The third-order valence-corrected chi connectivity index (χ3v) is 16.1. The van der Waals surface area contributed by atoms with Crippen LogP contribution in [0.3, 0.4) is 0 Å². The van der Waals surface area contributed by atoms with Gasteiger partial charge in [0.2, 0.25) is 0 Å². The van der Waals surface area contributed by atoms with Crippen LogP contribution in [0.15, 0.2) is 24.3 Å². The molecule has 0 bridgehead atoms. The minimum absolute atomic E-state index is 0.0720. The molecule has 5 fully saturated rings. The quantitative estimate of drug-likeness (QED) is 0.281. The van der Waals surface area contributed by atoms with Gasteiger partial charge >= 0.3 is 5.97 Å². The second kappa shape index (κ2) is 11.6. The molecule has 6 rings (SSSR count). The van der Waals surface area contributed by atoms with E-state index in [0.29, 0.717) is 59.7 Å². The van der Waals surface area contributed by atoms with Crippen molar-refractivity contribution in [2.75, 3.05) is 0 Å². The van der Waals surface area contributed by atoms with Crippen LogP contribution in [0.25, 0.3) is 0 Å². The highest BCUT2D eigenvalue weighted by Gasteiger charge is 2.72. The molecule has 46 heavy (non-hydrogen) atoms. The van der Waals surface area contributed by atoms with Gasteiger partial charge in [-0.3, -0.25) is 4.79 Å². The van der Waals surface area contributed by atoms with Gasteiger partial charge in [0.25, 0.3) is 0 Å². The fourth-order valence-corrected chi connectivity index (χ4v) is 13.5. The summed E-state index contributed by atoms with van der Waals surface area (Å²) in [6.45, 7) is 21.1. The van der Waals surface area contributed by atoms with Crippen molar-refractivity contribution < 1.29 is 19.1 Å². The van der Waals surface area contributed by atoms with Gasteiger partial charge in [0, 0.05) is 23.7 Å². The van der Waals surface area contributed by atoms with Crippen LogP contribution in [0.4, 0.5) is 0 Å². The molecule has 0 saturated heterocycles. The van der Waals surface area contributed by atoms with Gasteiger partial charge < -0.3 is 9.53 Å². The second-order valence-electron chi connectivity index (χ2n) is 18.5. The van der Waals surface area contributed by atoms with Gasteiger partial charge in [-0.05, 0) is 142 Å². The molecule has 0 aliphatic heterocycles. The van der Waals surface area contributed by atoms with E-state index in [1.807, 2.05) is 31.2 Å². The zero-order valence-electron chi connectivity index (χ0n) is 30.5. The van der Waals surface area contributed by atoms with Gasteiger partial charge in [-0.1, -0.05) is 66.2 Å². The molecule has 5 aliphatic carbocycles. The number of carbonyl (C=O) groups is 3. The number of hydrogen-bond acceptors (Lipinski definition) is 4. The summed E-state index contributed by atoms with van der Waals surface area (Å²) in [4.78, 5) is 39.4. The summed E-state index contributed by atoms with van der Waals surface area (Å²) in [5.41, 5.74) is 2.12. The van der Waals surface area contributed by atoms with E-state index in [9.17, 15) is 14.4 Å². The lowest BCUT2D eigenvalue weighted by Crippen LogP contribution is -2.67. The predicted molar refractivity (Wildman–Crippen MR) is 184 cm³/mol. The number of fused-ring (bicyclic) bond motifs is 7. The standard InChI is InChI=1S/C42H62O4/c1-26(2)30-18-23-42(34(44)17-12-28(4)43)25-24-40(8)31(36(30)42)15-16-33-39(7)21-20-35(38(5,6)32(39)19-22-41(33,40)9)46-37(45)29-13-10-27(3)11-14-29/h10-11,13-14,26,30-33,35-36H,12,15-25H2,1-9H3/t30?,31?,32?,33?,35-,36?,39+,40-,41-,42-/m1/s1. The van der Waals surface area contributed by atoms with E-state index >= 15 is 0 Å². The lowest BCUT2D eigenvalue weighted by molar-refractivity contribution is -0.247. The Kier molecular flexibility index (Phi) is 8.54. The Bertz CT molecular complexity index is 1360. The van der Waals surface area contributed by atoms with Crippen LogP contribution in [-0.2, 0) is 14.3 Å². The van der Waals surface area contributed by atoms with Gasteiger partial charge in [0.15, 0.2) is 0 Å². The number of aryl methyl sites for hydroxylation is 1. The molecular formula is C42H62O4. The Balaban J connectivity index is 1.28. The van der Waals surface area contributed by atoms with Crippen molar-refractivity contribution in [3.05, 3.63) is 35.4 Å². The minimum atomic E-state index is -0.222. The molecule has 5 aliphatic rings. The highest BCUT2D eigenvalue weighted by Crippen LogP contribution is 2.77. The van der Waals surface area contributed by atoms with Gasteiger partial charge in [-0.15, -0.1) is 0 Å². The molecule has 0 aromatic heterocycles. The highest BCUT2D eigenvalue weighted by molar-refractivity contribution is 5.90. The zero-order chi connectivity index (χ0) is 33.4. The maximum Gasteiger partial charge on any atom is 0.338 e. The van der Waals surface area contributed by atoms with Crippen molar-refractivity contribution in [1.29, 1.82) is 0 Å². The largest absolute Gasteiger partial charge is 0.458 e. The number of hydrogen-bond donors (Lipinski definition) is 0. The second-order valence-corrected chi connectivity index (χ2v) is 18.5. The van der Waals surface area contributed by atoms with Crippen molar-refractivity contribution in [3.63, 3.8) is 0 Å². The Morgan fingerprint density at radius 2 is 1.48 bits per heavy atom. The Morgan fingerprint density at radius 3 is 2.13 bits per heavy atom. The van der Waals surface area contributed by atoms with E-state index in [4.69, 9.17) is 4.74 Å². The number of ether oxygens (including phenoxy) is 1. The van der Waals surface area contributed by atoms with Crippen molar-refractivity contribution >= 4 is 17.5 Å². The zero-order valence-corrected chi connectivity index (χ0v) is 30.5. The SMILES string of the molecule is CC(=O)CCC(=O)[C@]12CCC(C(C)C)C1C1CCC3[C@@]4(C)CC[C@@H](OC(=O)c5ccc(C)cc5)C(C)(C)C4CC[C@@]3(C)[C@]1(C)CC2. The van der Waals surface area contributed by atoms with Gasteiger partial charge in [0.05, 0.1) is 5.56 Å². The van der Waals surface area contributed by atoms with E-state index in [2.05, 4.69) is 48.5 Å². The van der Waals surface area contributed by atoms with E-state index in [1.54, 1.807) is 6.92 Å². The van der Waals surface area contributed by atoms with Crippen molar-refractivity contribution in [1.82, 2.24) is 0 Å². The van der Waals surface area contributed by atoms with Gasteiger partial charge in [-0.25, -0.2) is 4.79 Å². The van der Waals surface area contributed by atoms with Crippen LogP contribution in [0.2, 0.25) is 0 Å². The number of ketones is 2. The lowest BCUT2D eigenvalue weighted by Gasteiger charge is -2.73. The van der Waals surface area contributed by atoms with Crippen LogP contribution in [0, 0.1) is 69.5 Å². The number of benzene rings is 1. The summed E-state index contributed by atoms with van der Waals surface area (Å²) < 4.78 is 6.35. The van der Waals surface area contributed by atoms with E-state index in [0.717, 1.165) is 44.1 Å². The molecule has 0 N–H and O–H groups in total. The third-order valence-electron chi connectivity index (χ3n) is 16.1. The summed E-state index contributed by atoms with van der Waals surface area (Å²) in [5, 5.41) is 0. The van der Waals surface area contributed by atoms with Crippen molar-refractivity contribution in [3.8, 4) is 0 Å². The Hall–Kier alpha value is -1.97. The van der Waals surface area contributed by atoms with Crippen LogP contribution in [-0.4, -0.2) is 23.6 Å². The summed E-state index contributed by atoms with van der Waals surface area (Å²) >= 11 is 0. The van der Waals surface area contributed by atoms with Crippen LogP contribution in [0.1, 0.15) is 148 Å². The summed E-state index contributed by atoms with van der Waals surface area (Å²) in [7, 11) is 0. The smallest absolute Gasteiger partial charge is 0.338 e. The first-order chi connectivity index (χ1) is 21.5. The molecule has 10 atom stereocenters. The first-order valence-corrected chi connectivity index (χ1v) is 18.8. The summed E-state index contributed by atoms with van der Waals surface area (Å²) in [6.07, 6.45) is 12.0. The molecule has 1 aromatic carbocycles. The Morgan fingerprint density at radius 1 is 0.783 bits per heavy atom. The molecule has 5 saturated carbocycles. The first kappa shape index (κ1) is 33.9. The summed E-state index contributed by atoms with van der Waals surface area (Å²) in [5.74, 6) is 3.68. The maximum absolute atomic E-state index is 14.2. The molecular weight excluding hydrogens is 568 g/mol. The number of esters is 1. The molecule has 0 amide bonds. The molecule has 0 spiro atoms. The monoisotopic (exact) mass is 630 g/mol. The average Bonchev–Trinajstić information content (AvgIpc) is 3.39. The van der Waals surface area contributed by atoms with Crippen LogP contribution < -0.4 is 0 Å². The van der Waals surface area contributed by atoms with Crippen LogP contribution in [0.5, 0.6) is 0 Å². The van der Waals surface area contributed by atoms with E-state index in [1.165, 1.54) is 25.7 Å². The molecule has 1 aromatic rings. The normalized spacial score (nSPS) is 42.7. The third kappa shape index (κ3) is 4.91. The van der Waals surface area contributed by atoms with E-state index < -0.39 is 0 Å². The number of Topliss-reactive ketones (excluding diaryl/α,β-unsaturated/α-hetero) is 2.